The van der Waals surface area contributed by atoms with Crippen LogP contribution in [0.3, 0.4) is 0 Å². The summed E-state index contributed by atoms with van der Waals surface area (Å²) in [6.07, 6.45) is 1.52. The quantitative estimate of drug-likeness (QED) is 0.476. The van der Waals surface area contributed by atoms with Crippen LogP contribution in [-0.4, -0.2) is 41.2 Å². The van der Waals surface area contributed by atoms with Gasteiger partial charge in [0.1, 0.15) is 0 Å². The van der Waals surface area contributed by atoms with Crippen LogP contribution in [0.2, 0.25) is 0 Å². The summed E-state index contributed by atoms with van der Waals surface area (Å²) >= 11 is 0. The monoisotopic (exact) mass is 207 g/mol. The largest absolute Gasteiger partial charge is 0.459 e. The highest BCUT2D eigenvalue weighted by molar-refractivity contribution is 7.84. The smallest absolute Gasteiger partial charge is 0.396 e. The predicted octanol–water partition coefficient (Wildman–Crippen LogP) is -0.956. The van der Waals surface area contributed by atoms with Gasteiger partial charge in [0.05, 0.1) is 6.61 Å². The first kappa shape index (κ1) is 12.1. The molecule has 0 spiro atoms. The van der Waals surface area contributed by atoms with Crippen LogP contribution in [-0.2, 0) is 25.1 Å². The van der Waals surface area contributed by atoms with Crippen molar-refractivity contribution in [3.05, 3.63) is 0 Å². The minimum atomic E-state index is -0.966. The fraction of sp³-hybridized carbons (Fsp3) is 0.714. The third kappa shape index (κ3) is 6.27. The SMILES string of the molecule is CCOC(=O)C(=O)NCCS(C)=O. The van der Waals surface area contributed by atoms with E-state index in [4.69, 9.17) is 0 Å². The number of nitrogens with one attached hydrogen (secondary N) is 1. The van der Waals surface area contributed by atoms with Gasteiger partial charge in [-0.15, -0.1) is 0 Å². The minimum absolute atomic E-state index is 0.173. The summed E-state index contributed by atoms with van der Waals surface area (Å²) in [4.78, 5) is 21.5. The molecule has 0 heterocycles. The lowest BCUT2D eigenvalue weighted by Crippen LogP contribution is -2.34. The van der Waals surface area contributed by atoms with E-state index in [-0.39, 0.29) is 13.2 Å². The van der Waals surface area contributed by atoms with E-state index in [0.29, 0.717) is 5.75 Å². The number of rotatable bonds is 4. The molecule has 0 aromatic rings. The molecule has 0 aromatic carbocycles. The highest BCUT2D eigenvalue weighted by Crippen LogP contribution is 1.78. The lowest BCUT2D eigenvalue weighted by molar-refractivity contribution is -0.154. The zero-order valence-corrected chi connectivity index (χ0v) is 8.48. The Labute approximate surface area is 79.3 Å². The predicted molar refractivity (Wildman–Crippen MR) is 48.6 cm³/mol. The van der Waals surface area contributed by atoms with Crippen LogP contribution in [0.15, 0.2) is 0 Å². The molecule has 0 saturated heterocycles. The highest BCUT2D eigenvalue weighted by Gasteiger charge is 2.13. The Kier molecular flexibility index (Phi) is 6.13. The molecular formula is C7H13NO4S. The summed E-state index contributed by atoms with van der Waals surface area (Å²) in [7, 11) is -0.966. The first-order valence-electron chi connectivity index (χ1n) is 3.83. The molecule has 1 amide bonds. The number of amides is 1. The molecule has 1 unspecified atom stereocenters. The van der Waals surface area contributed by atoms with Crippen LogP contribution in [0, 0.1) is 0 Å². The van der Waals surface area contributed by atoms with Gasteiger partial charge >= 0.3 is 11.9 Å². The molecule has 76 valence electrons. The van der Waals surface area contributed by atoms with E-state index in [1.54, 1.807) is 6.92 Å². The Balaban J connectivity index is 3.62. The Morgan fingerprint density at radius 3 is 2.54 bits per heavy atom. The Hall–Kier alpha value is -0.910. The van der Waals surface area contributed by atoms with Gasteiger partial charge < -0.3 is 10.1 Å². The molecule has 5 nitrogen and oxygen atoms in total. The standard InChI is InChI=1S/C7H13NO4S/c1-3-12-7(10)6(9)8-4-5-13(2)11/h3-5H2,1-2H3,(H,8,9). The van der Waals surface area contributed by atoms with Crippen molar-refractivity contribution in [3.63, 3.8) is 0 Å². The van der Waals surface area contributed by atoms with Gasteiger partial charge in [0.2, 0.25) is 0 Å². The van der Waals surface area contributed by atoms with Gasteiger partial charge in [-0.1, -0.05) is 0 Å². The summed E-state index contributed by atoms with van der Waals surface area (Å²) < 4.78 is 15.0. The van der Waals surface area contributed by atoms with Crippen molar-refractivity contribution >= 4 is 22.7 Å². The summed E-state index contributed by atoms with van der Waals surface area (Å²) in [5.74, 6) is -1.35. The van der Waals surface area contributed by atoms with Gasteiger partial charge in [-0.05, 0) is 6.92 Å². The fourth-order valence-electron chi connectivity index (χ4n) is 0.577. The van der Waals surface area contributed by atoms with E-state index in [1.807, 2.05) is 0 Å². The minimum Gasteiger partial charge on any atom is -0.459 e. The number of esters is 1. The van der Waals surface area contributed by atoms with Crippen LogP contribution in [0.5, 0.6) is 0 Å². The van der Waals surface area contributed by atoms with Gasteiger partial charge in [-0.2, -0.15) is 0 Å². The van der Waals surface area contributed by atoms with Crippen LogP contribution < -0.4 is 5.32 Å². The van der Waals surface area contributed by atoms with Crippen LogP contribution >= 0.6 is 0 Å². The number of carbonyl (C=O) groups is 2. The number of carbonyl (C=O) groups excluding carboxylic acids is 2. The molecule has 0 aromatic heterocycles. The second-order valence-electron chi connectivity index (χ2n) is 2.25. The Morgan fingerprint density at radius 2 is 2.08 bits per heavy atom. The molecule has 13 heavy (non-hydrogen) atoms. The topological polar surface area (TPSA) is 72.5 Å². The van der Waals surface area contributed by atoms with Crippen LogP contribution in [0.4, 0.5) is 0 Å². The fourth-order valence-corrected chi connectivity index (χ4v) is 0.967. The third-order valence-corrected chi connectivity index (χ3v) is 1.91. The van der Waals surface area contributed by atoms with Gasteiger partial charge in [0.15, 0.2) is 0 Å². The molecule has 0 rings (SSSR count). The van der Waals surface area contributed by atoms with Crippen molar-refractivity contribution in [1.82, 2.24) is 5.32 Å². The normalized spacial score (nSPS) is 11.8. The average Bonchev–Trinajstić information content (AvgIpc) is 2.04. The van der Waals surface area contributed by atoms with Gasteiger partial charge in [-0.3, -0.25) is 9.00 Å². The van der Waals surface area contributed by atoms with Crippen molar-refractivity contribution < 1.29 is 18.5 Å². The highest BCUT2D eigenvalue weighted by atomic mass is 32.2. The van der Waals surface area contributed by atoms with E-state index in [2.05, 4.69) is 10.1 Å². The zero-order chi connectivity index (χ0) is 10.3. The second kappa shape index (κ2) is 6.59. The molecular weight excluding hydrogens is 194 g/mol. The van der Waals surface area contributed by atoms with E-state index < -0.39 is 22.7 Å². The Bertz CT molecular complexity index is 217. The van der Waals surface area contributed by atoms with E-state index in [1.165, 1.54) is 6.26 Å². The Morgan fingerprint density at radius 1 is 1.46 bits per heavy atom. The molecule has 0 saturated carbocycles. The maximum absolute atomic E-state index is 10.8. The van der Waals surface area contributed by atoms with E-state index in [9.17, 15) is 13.8 Å². The van der Waals surface area contributed by atoms with Gasteiger partial charge in [0, 0.05) is 29.4 Å². The zero-order valence-electron chi connectivity index (χ0n) is 7.66. The maximum atomic E-state index is 10.8. The number of hydrogen-bond acceptors (Lipinski definition) is 4. The number of ether oxygens (including phenoxy) is 1. The second-order valence-corrected chi connectivity index (χ2v) is 3.81. The van der Waals surface area contributed by atoms with Crippen molar-refractivity contribution in [3.8, 4) is 0 Å². The third-order valence-electron chi connectivity index (χ3n) is 1.14. The molecule has 0 bridgehead atoms. The molecule has 0 aliphatic rings. The van der Waals surface area contributed by atoms with Crippen molar-refractivity contribution in [1.29, 1.82) is 0 Å². The van der Waals surface area contributed by atoms with Crippen molar-refractivity contribution in [2.24, 2.45) is 0 Å². The molecule has 0 fully saturated rings. The number of hydrogen-bond donors (Lipinski definition) is 1. The van der Waals surface area contributed by atoms with Crippen LogP contribution in [0.25, 0.3) is 0 Å². The lowest BCUT2D eigenvalue weighted by atomic mass is 10.6. The summed E-state index contributed by atoms with van der Waals surface area (Å²) in [5.41, 5.74) is 0. The first-order chi connectivity index (χ1) is 6.07. The molecule has 1 N–H and O–H groups in total. The molecule has 1 atom stereocenters. The lowest BCUT2D eigenvalue weighted by Gasteiger charge is -2.02. The molecule has 6 heteroatoms. The van der Waals surface area contributed by atoms with Gasteiger partial charge in [-0.25, -0.2) is 4.79 Å². The average molecular weight is 207 g/mol. The maximum Gasteiger partial charge on any atom is 0.396 e. The van der Waals surface area contributed by atoms with Crippen LogP contribution in [0.1, 0.15) is 6.92 Å². The summed E-state index contributed by atoms with van der Waals surface area (Å²) in [6.45, 7) is 2.01. The molecule has 0 aliphatic heterocycles. The first-order valence-corrected chi connectivity index (χ1v) is 5.55. The summed E-state index contributed by atoms with van der Waals surface area (Å²) in [6, 6.07) is 0. The van der Waals surface area contributed by atoms with Gasteiger partial charge in [0.25, 0.3) is 0 Å². The van der Waals surface area contributed by atoms with E-state index >= 15 is 0 Å². The van der Waals surface area contributed by atoms with Crippen molar-refractivity contribution in [2.45, 2.75) is 6.92 Å². The molecule has 0 aliphatic carbocycles. The summed E-state index contributed by atoms with van der Waals surface area (Å²) in [5, 5.41) is 2.29. The van der Waals surface area contributed by atoms with Crippen molar-refractivity contribution in [2.75, 3.05) is 25.2 Å². The van der Waals surface area contributed by atoms with E-state index in [0.717, 1.165) is 0 Å². The molecule has 0 radical (unpaired) electrons.